The predicted molar refractivity (Wildman–Crippen MR) is 103 cm³/mol. The average Bonchev–Trinajstić information content (AvgIpc) is 2.62. The molecule has 2 N–H and O–H groups in total. The summed E-state index contributed by atoms with van der Waals surface area (Å²) < 4.78 is 5.42. The van der Waals surface area contributed by atoms with Crippen LogP contribution in [0.15, 0.2) is 42.5 Å². The SMILES string of the molecule is COc1cc(NC(=O)Nc2cccc(Cl)c2)ccc1N1CCCCC1=O. The maximum atomic E-state index is 12.2. The van der Waals surface area contributed by atoms with Crippen molar-refractivity contribution < 1.29 is 14.3 Å². The Morgan fingerprint density at radius 1 is 1.12 bits per heavy atom. The molecule has 0 aliphatic carbocycles. The molecule has 1 aliphatic heterocycles. The minimum Gasteiger partial charge on any atom is -0.494 e. The van der Waals surface area contributed by atoms with Crippen LogP contribution in [-0.4, -0.2) is 25.6 Å². The lowest BCUT2D eigenvalue weighted by molar-refractivity contribution is -0.119. The molecular weight excluding hydrogens is 354 g/mol. The lowest BCUT2D eigenvalue weighted by Crippen LogP contribution is -2.35. The summed E-state index contributed by atoms with van der Waals surface area (Å²) in [6.07, 6.45) is 2.43. The van der Waals surface area contributed by atoms with Crippen LogP contribution in [0.3, 0.4) is 0 Å². The molecule has 1 saturated heterocycles. The van der Waals surface area contributed by atoms with Gasteiger partial charge >= 0.3 is 6.03 Å². The maximum Gasteiger partial charge on any atom is 0.323 e. The molecule has 136 valence electrons. The first-order valence-corrected chi connectivity index (χ1v) is 8.76. The number of nitrogens with one attached hydrogen (secondary N) is 2. The van der Waals surface area contributed by atoms with Crippen molar-refractivity contribution in [2.45, 2.75) is 19.3 Å². The smallest absolute Gasteiger partial charge is 0.323 e. The van der Waals surface area contributed by atoms with Gasteiger partial charge in [0.2, 0.25) is 5.91 Å². The topological polar surface area (TPSA) is 70.7 Å². The number of carbonyl (C=O) groups is 2. The van der Waals surface area contributed by atoms with E-state index in [1.165, 1.54) is 0 Å². The van der Waals surface area contributed by atoms with Crippen LogP contribution in [0.25, 0.3) is 0 Å². The van der Waals surface area contributed by atoms with E-state index in [0.29, 0.717) is 35.1 Å². The Morgan fingerprint density at radius 2 is 1.88 bits per heavy atom. The van der Waals surface area contributed by atoms with Crippen LogP contribution in [-0.2, 0) is 4.79 Å². The molecule has 6 nitrogen and oxygen atoms in total. The molecule has 3 rings (SSSR count). The monoisotopic (exact) mass is 373 g/mol. The van der Waals surface area contributed by atoms with Gasteiger partial charge in [0.15, 0.2) is 0 Å². The summed E-state index contributed by atoms with van der Waals surface area (Å²) >= 11 is 5.91. The molecule has 1 heterocycles. The summed E-state index contributed by atoms with van der Waals surface area (Å²) in [5, 5.41) is 6.00. The van der Waals surface area contributed by atoms with Gasteiger partial charge in [0.05, 0.1) is 12.8 Å². The quantitative estimate of drug-likeness (QED) is 0.828. The van der Waals surface area contributed by atoms with Gasteiger partial charge < -0.3 is 20.3 Å². The third-order valence-corrected chi connectivity index (χ3v) is 4.37. The van der Waals surface area contributed by atoms with E-state index in [0.717, 1.165) is 18.5 Å². The van der Waals surface area contributed by atoms with E-state index in [4.69, 9.17) is 16.3 Å². The number of hydrogen-bond acceptors (Lipinski definition) is 3. The van der Waals surface area contributed by atoms with E-state index in [-0.39, 0.29) is 5.91 Å². The first-order valence-electron chi connectivity index (χ1n) is 8.39. The third-order valence-electron chi connectivity index (χ3n) is 4.13. The van der Waals surface area contributed by atoms with Crippen LogP contribution in [0, 0.1) is 0 Å². The first kappa shape index (κ1) is 18.1. The summed E-state index contributed by atoms with van der Waals surface area (Å²) in [7, 11) is 1.54. The molecule has 0 saturated carbocycles. The van der Waals surface area contributed by atoms with Crippen molar-refractivity contribution in [1.82, 2.24) is 0 Å². The minimum absolute atomic E-state index is 0.0916. The number of benzene rings is 2. The fourth-order valence-electron chi connectivity index (χ4n) is 2.90. The number of nitrogens with zero attached hydrogens (tertiary/aromatic N) is 1. The maximum absolute atomic E-state index is 12.2. The molecule has 3 amide bonds. The number of carbonyl (C=O) groups excluding carboxylic acids is 2. The van der Waals surface area contributed by atoms with Crippen LogP contribution >= 0.6 is 11.6 Å². The number of rotatable bonds is 4. The minimum atomic E-state index is -0.392. The second-order valence-electron chi connectivity index (χ2n) is 5.98. The van der Waals surface area contributed by atoms with Crippen LogP contribution in [0.1, 0.15) is 19.3 Å². The second-order valence-corrected chi connectivity index (χ2v) is 6.42. The molecule has 1 aliphatic rings. The number of amides is 3. The highest BCUT2D eigenvalue weighted by Crippen LogP contribution is 2.33. The third kappa shape index (κ3) is 4.26. The van der Waals surface area contributed by atoms with E-state index in [1.54, 1.807) is 54.5 Å². The lowest BCUT2D eigenvalue weighted by atomic mass is 10.1. The summed E-state index contributed by atoms with van der Waals surface area (Å²) in [6.45, 7) is 0.678. The first-order chi connectivity index (χ1) is 12.6. The number of ether oxygens (including phenoxy) is 1. The highest BCUT2D eigenvalue weighted by molar-refractivity contribution is 6.30. The lowest BCUT2D eigenvalue weighted by Gasteiger charge is -2.28. The van der Waals surface area contributed by atoms with Gasteiger partial charge in [-0.1, -0.05) is 17.7 Å². The number of piperidine rings is 1. The molecule has 0 bridgehead atoms. The highest BCUT2D eigenvalue weighted by atomic mass is 35.5. The summed E-state index contributed by atoms with van der Waals surface area (Å²) in [5.41, 5.74) is 1.88. The standard InChI is InChI=1S/C19H20ClN3O3/c1-26-17-12-15(8-9-16(17)23-10-3-2-7-18(23)24)22-19(25)21-14-6-4-5-13(20)11-14/h4-6,8-9,11-12H,2-3,7,10H2,1H3,(H2,21,22,25). The average molecular weight is 374 g/mol. The molecule has 0 aromatic heterocycles. The van der Waals surface area contributed by atoms with Crippen molar-refractivity contribution in [1.29, 1.82) is 0 Å². The molecule has 26 heavy (non-hydrogen) atoms. The molecule has 0 unspecified atom stereocenters. The molecule has 2 aromatic carbocycles. The van der Waals surface area contributed by atoms with Gasteiger partial charge in [-0.25, -0.2) is 4.79 Å². The van der Waals surface area contributed by atoms with Gasteiger partial charge in [-0.15, -0.1) is 0 Å². The van der Waals surface area contributed by atoms with Gasteiger partial charge in [-0.2, -0.15) is 0 Å². The molecule has 0 spiro atoms. The molecular formula is C19H20ClN3O3. The summed E-state index contributed by atoms with van der Waals surface area (Å²) in [6, 6.07) is 11.7. The van der Waals surface area contributed by atoms with Crippen molar-refractivity contribution in [3.8, 4) is 5.75 Å². The van der Waals surface area contributed by atoms with E-state index in [9.17, 15) is 9.59 Å². The number of halogens is 1. The molecule has 7 heteroatoms. The predicted octanol–water partition coefficient (Wildman–Crippen LogP) is 4.51. The summed E-state index contributed by atoms with van der Waals surface area (Å²) in [5.74, 6) is 0.634. The Kier molecular flexibility index (Phi) is 5.63. The molecule has 0 atom stereocenters. The molecule has 2 aromatic rings. The molecule has 0 radical (unpaired) electrons. The van der Waals surface area contributed by atoms with Crippen LogP contribution < -0.4 is 20.3 Å². The number of urea groups is 1. The normalized spacial score (nSPS) is 14.1. The summed E-state index contributed by atoms with van der Waals surface area (Å²) in [4.78, 5) is 26.0. The van der Waals surface area contributed by atoms with Crippen LogP contribution in [0.4, 0.5) is 21.9 Å². The van der Waals surface area contributed by atoms with E-state index >= 15 is 0 Å². The van der Waals surface area contributed by atoms with Crippen molar-refractivity contribution in [3.63, 3.8) is 0 Å². The highest BCUT2D eigenvalue weighted by Gasteiger charge is 2.22. The Bertz CT molecular complexity index is 825. The van der Waals surface area contributed by atoms with Gasteiger partial charge in [0, 0.05) is 35.4 Å². The Hall–Kier alpha value is -2.73. The van der Waals surface area contributed by atoms with Gasteiger partial charge in [0.1, 0.15) is 5.75 Å². The Balaban J connectivity index is 1.72. The number of methoxy groups -OCH3 is 1. The Labute approximate surface area is 157 Å². The zero-order chi connectivity index (χ0) is 18.5. The zero-order valence-corrected chi connectivity index (χ0v) is 15.2. The van der Waals surface area contributed by atoms with Gasteiger partial charge in [-0.3, -0.25) is 4.79 Å². The second kappa shape index (κ2) is 8.10. The fourth-order valence-corrected chi connectivity index (χ4v) is 3.09. The Morgan fingerprint density at radius 3 is 2.58 bits per heavy atom. The van der Waals surface area contributed by atoms with Crippen molar-refractivity contribution in [3.05, 3.63) is 47.5 Å². The van der Waals surface area contributed by atoms with Crippen molar-refractivity contribution in [2.75, 3.05) is 29.2 Å². The van der Waals surface area contributed by atoms with Crippen molar-refractivity contribution in [2.24, 2.45) is 0 Å². The number of hydrogen-bond donors (Lipinski definition) is 2. The van der Waals surface area contributed by atoms with E-state index in [1.807, 2.05) is 0 Å². The van der Waals surface area contributed by atoms with E-state index in [2.05, 4.69) is 10.6 Å². The zero-order valence-electron chi connectivity index (χ0n) is 14.4. The van der Waals surface area contributed by atoms with Crippen LogP contribution in [0.5, 0.6) is 5.75 Å². The molecule has 1 fully saturated rings. The van der Waals surface area contributed by atoms with Crippen molar-refractivity contribution >= 4 is 40.6 Å². The van der Waals surface area contributed by atoms with Crippen LogP contribution in [0.2, 0.25) is 5.02 Å². The largest absolute Gasteiger partial charge is 0.494 e. The number of anilines is 3. The fraction of sp³-hybridized carbons (Fsp3) is 0.263. The van der Waals surface area contributed by atoms with E-state index < -0.39 is 6.03 Å². The van der Waals surface area contributed by atoms with Gasteiger partial charge in [-0.05, 0) is 43.2 Å². The van der Waals surface area contributed by atoms with Gasteiger partial charge in [0.25, 0.3) is 0 Å².